The van der Waals surface area contributed by atoms with Crippen LogP contribution in [0.25, 0.3) is 11.0 Å². The molecule has 1 aliphatic rings. The summed E-state index contributed by atoms with van der Waals surface area (Å²) in [6, 6.07) is 10.5. The number of anilines is 1. The Morgan fingerprint density at radius 2 is 1.79 bits per heavy atom. The van der Waals surface area contributed by atoms with Crippen LogP contribution in [0.2, 0.25) is 0 Å². The van der Waals surface area contributed by atoms with Gasteiger partial charge in [0.2, 0.25) is 11.7 Å². The number of ether oxygens (including phenoxy) is 2. The van der Waals surface area contributed by atoms with Crippen LogP contribution in [0.3, 0.4) is 0 Å². The normalized spacial score (nSPS) is 13.4. The number of rotatable bonds is 6. The maximum Gasteiger partial charge on any atom is 0.228 e. The number of ketones is 1. The van der Waals surface area contributed by atoms with Gasteiger partial charge < -0.3 is 19.2 Å². The van der Waals surface area contributed by atoms with Crippen LogP contribution in [0.15, 0.2) is 40.8 Å². The van der Waals surface area contributed by atoms with E-state index in [4.69, 9.17) is 13.9 Å². The number of carbonyl (C=O) groups excluding carboxylic acids is 2. The zero-order chi connectivity index (χ0) is 19.8. The van der Waals surface area contributed by atoms with Gasteiger partial charge in [0.05, 0.1) is 14.2 Å². The summed E-state index contributed by atoms with van der Waals surface area (Å²) in [5.74, 6) is 1.22. The van der Waals surface area contributed by atoms with Crippen molar-refractivity contribution in [2.24, 2.45) is 5.92 Å². The minimum Gasteiger partial charge on any atom is -0.493 e. The van der Waals surface area contributed by atoms with Crippen molar-refractivity contribution in [2.75, 3.05) is 19.5 Å². The van der Waals surface area contributed by atoms with Crippen molar-refractivity contribution >= 4 is 28.3 Å². The predicted octanol–water partition coefficient (Wildman–Crippen LogP) is 4.34. The molecule has 1 N–H and O–H groups in total. The fourth-order valence-corrected chi connectivity index (χ4v) is 3.22. The zero-order valence-corrected chi connectivity index (χ0v) is 16.0. The number of carbonyl (C=O) groups is 2. The van der Waals surface area contributed by atoms with Crippen molar-refractivity contribution in [3.05, 3.63) is 53.3 Å². The number of hydrogen-bond donors (Lipinski definition) is 1. The van der Waals surface area contributed by atoms with Crippen LogP contribution < -0.4 is 14.8 Å². The minimum absolute atomic E-state index is 0.0317. The first-order valence-corrected chi connectivity index (χ1v) is 9.12. The molecular weight excluding hydrogens is 358 g/mol. The van der Waals surface area contributed by atoms with Gasteiger partial charge in [-0.15, -0.1) is 0 Å². The number of amides is 1. The largest absolute Gasteiger partial charge is 0.493 e. The lowest BCUT2D eigenvalue weighted by molar-refractivity contribution is -0.117. The van der Waals surface area contributed by atoms with Crippen LogP contribution in [-0.2, 0) is 4.79 Å². The molecule has 144 valence electrons. The van der Waals surface area contributed by atoms with E-state index in [-0.39, 0.29) is 23.4 Å². The number of methoxy groups -OCH3 is 2. The van der Waals surface area contributed by atoms with Crippen molar-refractivity contribution in [2.45, 2.75) is 19.8 Å². The van der Waals surface area contributed by atoms with Gasteiger partial charge in [-0.25, -0.2) is 0 Å². The molecule has 28 heavy (non-hydrogen) atoms. The lowest BCUT2D eigenvalue weighted by Crippen LogP contribution is -2.12. The Balaban J connectivity index is 1.67. The SMILES string of the molecule is COc1ccc(C(=O)c2oc3cc(NC(=O)C4CC4)ccc3c2C)cc1OC. The van der Waals surface area contributed by atoms with E-state index < -0.39 is 0 Å². The highest BCUT2D eigenvalue weighted by Gasteiger charge is 2.29. The van der Waals surface area contributed by atoms with Gasteiger partial charge in [-0.05, 0) is 50.1 Å². The van der Waals surface area contributed by atoms with Crippen molar-refractivity contribution in [1.29, 1.82) is 0 Å². The summed E-state index contributed by atoms with van der Waals surface area (Å²) in [5.41, 5.74) is 2.44. The van der Waals surface area contributed by atoms with E-state index in [0.29, 0.717) is 28.3 Å². The lowest BCUT2D eigenvalue weighted by atomic mass is 10.0. The fourth-order valence-electron chi connectivity index (χ4n) is 3.22. The van der Waals surface area contributed by atoms with Crippen molar-refractivity contribution in [3.63, 3.8) is 0 Å². The third-order valence-electron chi connectivity index (χ3n) is 5.01. The second-order valence-corrected chi connectivity index (χ2v) is 6.93. The van der Waals surface area contributed by atoms with Crippen LogP contribution in [0.1, 0.15) is 34.5 Å². The Morgan fingerprint density at radius 3 is 2.46 bits per heavy atom. The first-order valence-electron chi connectivity index (χ1n) is 9.12. The summed E-state index contributed by atoms with van der Waals surface area (Å²) >= 11 is 0. The van der Waals surface area contributed by atoms with Gasteiger partial charge in [0, 0.05) is 34.2 Å². The molecule has 2 aromatic carbocycles. The van der Waals surface area contributed by atoms with E-state index in [0.717, 1.165) is 23.8 Å². The second-order valence-electron chi connectivity index (χ2n) is 6.93. The van der Waals surface area contributed by atoms with E-state index in [1.54, 1.807) is 31.4 Å². The van der Waals surface area contributed by atoms with Crippen LogP contribution in [0.5, 0.6) is 11.5 Å². The molecule has 1 heterocycles. The van der Waals surface area contributed by atoms with Crippen molar-refractivity contribution in [1.82, 2.24) is 0 Å². The molecule has 0 unspecified atom stereocenters. The molecule has 6 nitrogen and oxygen atoms in total. The first-order chi connectivity index (χ1) is 13.5. The minimum atomic E-state index is -0.238. The molecule has 6 heteroatoms. The molecule has 0 aliphatic heterocycles. The number of aryl methyl sites for hydroxylation is 1. The van der Waals surface area contributed by atoms with Gasteiger partial charge in [0.25, 0.3) is 0 Å². The molecular formula is C22H21NO5. The number of nitrogens with one attached hydrogen (secondary N) is 1. The van der Waals surface area contributed by atoms with Crippen LogP contribution in [0.4, 0.5) is 5.69 Å². The third-order valence-corrected chi connectivity index (χ3v) is 5.01. The highest BCUT2D eigenvalue weighted by molar-refractivity contribution is 6.11. The standard InChI is InChI=1S/C22H21NO5/c1-12-16-8-7-15(23-22(25)13-4-5-13)11-18(16)28-21(12)20(24)14-6-9-17(26-2)19(10-14)27-3/h6-11,13H,4-5H2,1-3H3,(H,23,25). The number of furan rings is 1. The third kappa shape index (κ3) is 3.22. The van der Waals surface area contributed by atoms with Crippen LogP contribution in [0, 0.1) is 12.8 Å². The Labute approximate surface area is 162 Å². The van der Waals surface area contributed by atoms with Gasteiger partial charge in [-0.1, -0.05) is 0 Å². The summed E-state index contributed by atoms with van der Waals surface area (Å²) in [5, 5.41) is 3.74. The number of benzene rings is 2. The Bertz CT molecular complexity index is 1080. The summed E-state index contributed by atoms with van der Waals surface area (Å²) in [7, 11) is 3.07. The van der Waals surface area contributed by atoms with E-state index in [9.17, 15) is 9.59 Å². The summed E-state index contributed by atoms with van der Waals surface area (Å²) in [4.78, 5) is 25.0. The van der Waals surface area contributed by atoms with Gasteiger partial charge in [-0.2, -0.15) is 0 Å². The van der Waals surface area contributed by atoms with E-state index >= 15 is 0 Å². The van der Waals surface area contributed by atoms with Crippen LogP contribution in [-0.4, -0.2) is 25.9 Å². The topological polar surface area (TPSA) is 77.8 Å². The quantitative estimate of drug-likeness (QED) is 0.645. The Hall–Kier alpha value is -3.28. The Morgan fingerprint density at radius 1 is 1.04 bits per heavy atom. The molecule has 0 saturated heterocycles. The molecule has 4 rings (SSSR count). The zero-order valence-electron chi connectivity index (χ0n) is 16.0. The van der Waals surface area contributed by atoms with Crippen molar-refractivity contribution < 1.29 is 23.5 Å². The highest BCUT2D eigenvalue weighted by atomic mass is 16.5. The predicted molar refractivity (Wildman–Crippen MR) is 105 cm³/mol. The monoisotopic (exact) mass is 379 g/mol. The summed E-state index contributed by atoms with van der Waals surface area (Å²) in [6.07, 6.45) is 1.88. The molecule has 1 fully saturated rings. The molecule has 0 bridgehead atoms. The maximum absolute atomic E-state index is 13.0. The maximum atomic E-state index is 13.0. The molecule has 0 radical (unpaired) electrons. The van der Waals surface area contributed by atoms with E-state index in [1.807, 2.05) is 19.1 Å². The van der Waals surface area contributed by atoms with Gasteiger partial charge in [0.15, 0.2) is 17.3 Å². The second kappa shape index (κ2) is 7.03. The smallest absolute Gasteiger partial charge is 0.228 e. The molecule has 0 atom stereocenters. The molecule has 3 aromatic rings. The molecule has 0 spiro atoms. The van der Waals surface area contributed by atoms with Crippen LogP contribution >= 0.6 is 0 Å². The average molecular weight is 379 g/mol. The molecule has 1 aliphatic carbocycles. The summed E-state index contributed by atoms with van der Waals surface area (Å²) in [6.45, 7) is 1.85. The van der Waals surface area contributed by atoms with Gasteiger partial charge in [0.1, 0.15) is 5.58 Å². The Kier molecular flexibility index (Phi) is 4.55. The van der Waals surface area contributed by atoms with Gasteiger partial charge >= 0.3 is 0 Å². The van der Waals surface area contributed by atoms with Gasteiger partial charge in [-0.3, -0.25) is 9.59 Å². The summed E-state index contributed by atoms with van der Waals surface area (Å²) < 4.78 is 16.4. The fraction of sp³-hybridized carbons (Fsp3) is 0.273. The number of fused-ring (bicyclic) bond motifs is 1. The average Bonchev–Trinajstić information content (AvgIpc) is 3.51. The van der Waals surface area contributed by atoms with Crippen molar-refractivity contribution in [3.8, 4) is 11.5 Å². The van der Waals surface area contributed by atoms with E-state index in [2.05, 4.69) is 5.32 Å². The number of hydrogen-bond acceptors (Lipinski definition) is 5. The molecule has 1 amide bonds. The highest BCUT2D eigenvalue weighted by Crippen LogP contribution is 2.33. The molecule has 1 saturated carbocycles. The lowest BCUT2D eigenvalue weighted by Gasteiger charge is -2.08. The van der Waals surface area contributed by atoms with E-state index in [1.165, 1.54) is 7.11 Å². The first kappa shape index (κ1) is 18.1. The molecule has 1 aromatic heterocycles.